The van der Waals surface area contributed by atoms with Gasteiger partial charge in [-0.2, -0.15) is 0 Å². The van der Waals surface area contributed by atoms with E-state index >= 15 is 0 Å². The quantitative estimate of drug-likeness (QED) is 0.689. The fourth-order valence-corrected chi connectivity index (χ4v) is 3.73. The van der Waals surface area contributed by atoms with Crippen molar-refractivity contribution in [1.29, 1.82) is 0 Å². The van der Waals surface area contributed by atoms with Gasteiger partial charge < -0.3 is 0 Å². The number of hydrogen-bond acceptors (Lipinski definition) is 3. The average Bonchev–Trinajstić information content (AvgIpc) is 2.98. The standard InChI is InChI=1S/C19H16N2O2S/c1-4-16-7-9-17(10-8-16)19-13-21(15(3)20-19)24(22,23)18-11-5-14(2)6-12-18/h1,5-13H,2-3H3. The van der Waals surface area contributed by atoms with Crippen molar-refractivity contribution >= 4 is 10.0 Å². The molecule has 0 unspecified atom stereocenters. The Balaban J connectivity index is 2.05. The first-order valence-electron chi connectivity index (χ1n) is 7.37. The maximum atomic E-state index is 12.8. The second-order valence-corrected chi connectivity index (χ2v) is 7.32. The Kier molecular flexibility index (Phi) is 4.00. The SMILES string of the molecule is C#Cc1ccc(-c2cn(S(=O)(=O)c3ccc(C)cc3)c(C)n2)cc1. The molecule has 2 aromatic carbocycles. The molecule has 0 aliphatic heterocycles. The summed E-state index contributed by atoms with van der Waals surface area (Å²) in [5, 5.41) is 0. The first-order chi connectivity index (χ1) is 11.4. The van der Waals surface area contributed by atoms with Crippen molar-refractivity contribution in [3.05, 3.63) is 71.7 Å². The van der Waals surface area contributed by atoms with Crippen molar-refractivity contribution in [2.45, 2.75) is 18.7 Å². The van der Waals surface area contributed by atoms with E-state index in [9.17, 15) is 8.42 Å². The molecule has 3 aromatic rings. The molecule has 0 radical (unpaired) electrons. The fourth-order valence-electron chi connectivity index (χ4n) is 2.40. The maximum absolute atomic E-state index is 12.8. The van der Waals surface area contributed by atoms with Gasteiger partial charge in [0.25, 0.3) is 10.0 Å². The summed E-state index contributed by atoms with van der Waals surface area (Å²) in [5.41, 5.74) is 3.18. The van der Waals surface area contributed by atoms with Gasteiger partial charge in [-0.05, 0) is 38.1 Å². The summed E-state index contributed by atoms with van der Waals surface area (Å²) in [6, 6.07) is 14.0. The summed E-state index contributed by atoms with van der Waals surface area (Å²) in [4.78, 5) is 4.62. The summed E-state index contributed by atoms with van der Waals surface area (Å²) in [6.45, 7) is 3.59. The summed E-state index contributed by atoms with van der Waals surface area (Å²) >= 11 is 0. The van der Waals surface area contributed by atoms with E-state index in [4.69, 9.17) is 6.42 Å². The molecule has 3 rings (SSSR count). The second kappa shape index (κ2) is 5.99. The van der Waals surface area contributed by atoms with E-state index in [0.29, 0.717) is 11.5 Å². The second-order valence-electron chi connectivity index (χ2n) is 5.51. The molecule has 0 aliphatic carbocycles. The van der Waals surface area contributed by atoms with Gasteiger partial charge in [-0.15, -0.1) is 6.42 Å². The van der Waals surface area contributed by atoms with Crippen molar-refractivity contribution in [3.63, 3.8) is 0 Å². The van der Waals surface area contributed by atoms with Crippen molar-refractivity contribution in [3.8, 4) is 23.6 Å². The lowest BCUT2D eigenvalue weighted by atomic mass is 10.1. The topological polar surface area (TPSA) is 52.0 Å². The third kappa shape index (κ3) is 2.84. The van der Waals surface area contributed by atoms with Gasteiger partial charge in [0.1, 0.15) is 5.82 Å². The fraction of sp³-hybridized carbons (Fsp3) is 0.105. The summed E-state index contributed by atoms with van der Waals surface area (Å²) in [5.74, 6) is 2.96. The number of benzene rings is 2. The zero-order chi connectivity index (χ0) is 17.3. The molecule has 0 saturated carbocycles. The van der Waals surface area contributed by atoms with Crippen LogP contribution < -0.4 is 0 Å². The summed E-state index contributed by atoms with van der Waals surface area (Å²) in [6.07, 6.45) is 6.89. The average molecular weight is 336 g/mol. The van der Waals surface area contributed by atoms with E-state index in [2.05, 4.69) is 10.9 Å². The summed E-state index contributed by atoms with van der Waals surface area (Å²) < 4.78 is 26.8. The summed E-state index contributed by atoms with van der Waals surface area (Å²) in [7, 11) is -3.66. The lowest BCUT2D eigenvalue weighted by Gasteiger charge is -2.07. The maximum Gasteiger partial charge on any atom is 0.269 e. The molecule has 120 valence electrons. The Labute approximate surface area is 141 Å². The molecule has 0 aliphatic rings. The number of aromatic nitrogens is 2. The van der Waals surface area contributed by atoms with E-state index in [0.717, 1.165) is 16.7 Å². The zero-order valence-electron chi connectivity index (χ0n) is 13.4. The van der Waals surface area contributed by atoms with Gasteiger partial charge in [-0.1, -0.05) is 35.7 Å². The molecule has 0 saturated heterocycles. The van der Waals surface area contributed by atoms with Gasteiger partial charge in [0.05, 0.1) is 10.6 Å². The Morgan fingerprint density at radius 1 is 1.00 bits per heavy atom. The highest BCUT2D eigenvalue weighted by Gasteiger charge is 2.20. The van der Waals surface area contributed by atoms with Gasteiger partial charge in [-0.25, -0.2) is 17.4 Å². The van der Waals surface area contributed by atoms with Crippen LogP contribution in [0.2, 0.25) is 0 Å². The van der Waals surface area contributed by atoms with Crippen LogP contribution in [-0.4, -0.2) is 17.4 Å². The van der Waals surface area contributed by atoms with Gasteiger partial charge in [0, 0.05) is 17.3 Å². The molecule has 0 amide bonds. The van der Waals surface area contributed by atoms with Crippen LogP contribution in [0.5, 0.6) is 0 Å². The van der Waals surface area contributed by atoms with Crippen LogP contribution in [0, 0.1) is 26.2 Å². The number of imidazole rings is 1. The Morgan fingerprint density at radius 2 is 1.62 bits per heavy atom. The minimum atomic E-state index is -3.66. The molecular weight excluding hydrogens is 320 g/mol. The molecule has 0 atom stereocenters. The number of aryl methyl sites for hydroxylation is 2. The van der Waals surface area contributed by atoms with Crippen LogP contribution in [0.1, 0.15) is 17.0 Å². The van der Waals surface area contributed by atoms with E-state index in [1.807, 2.05) is 19.1 Å². The Bertz CT molecular complexity index is 1020. The monoisotopic (exact) mass is 336 g/mol. The van der Waals surface area contributed by atoms with Crippen LogP contribution in [0.25, 0.3) is 11.3 Å². The number of terminal acetylenes is 1. The minimum absolute atomic E-state index is 0.239. The third-order valence-corrected chi connectivity index (χ3v) is 5.52. The molecule has 4 nitrogen and oxygen atoms in total. The van der Waals surface area contributed by atoms with Crippen LogP contribution in [-0.2, 0) is 10.0 Å². The van der Waals surface area contributed by atoms with Crippen molar-refractivity contribution in [2.24, 2.45) is 0 Å². The van der Waals surface area contributed by atoms with Crippen molar-refractivity contribution in [1.82, 2.24) is 8.96 Å². The van der Waals surface area contributed by atoms with Gasteiger partial charge in [-0.3, -0.25) is 0 Å². The van der Waals surface area contributed by atoms with Crippen LogP contribution >= 0.6 is 0 Å². The first kappa shape index (κ1) is 16.0. The van der Waals surface area contributed by atoms with Crippen molar-refractivity contribution < 1.29 is 8.42 Å². The molecule has 0 fully saturated rings. The molecule has 1 heterocycles. The van der Waals surface area contributed by atoms with E-state index in [1.165, 1.54) is 10.2 Å². The molecular formula is C19H16N2O2S. The normalized spacial score (nSPS) is 11.2. The highest BCUT2D eigenvalue weighted by molar-refractivity contribution is 7.90. The molecule has 0 spiro atoms. The lowest BCUT2D eigenvalue weighted by Crippen LogP contribution is -2.13. The van der Waals surface area contributed by atoms with E-state index in [-0.39, 0.29) is 4.90 Å². The highest BCUT2D eigenvalue weighted by atomic mass is 32.2. The van der Waals surface area contributed by atoms with Crippen LogP contribution in [0.3, 0.4) is 0 Å². The molecule has 1 aromatic heterocycles. The van der Waals surface area contributed by atoms with Crippen LogP contribution in [0.15, 0.2) is 59.6 Å². The van der Waals surface area contributed by atoms with Crippen LogP contribution in [0.4, 0.5) is 0 Å². The highest BCUT2D eigenvalue weighted by Crippen LogP contribution is 2.23. The smallest absolute Gasteiger partial charge is 0.232 e. The predicted molar refractivity (Wildman–Crippen MR) is 94.1 cm³/mol. The molecule has 0 N–H and O–H groups in total. The molecule has 0 bridgehead atoms. The van der Waals surface area contributed by atoms with Crippen molar-refractivity contribution in [2.75, 3.05) is 0 Å². The number of nitrogens with zero attached hydrogens (tertiary/aromatic N) is 2. The predicted octanol–water partition coefficient (Wildman–Crippen LogP) is 3.39. The lowest BCUT2D eigenvalue weighted by molar-refractivity contribution is 0.586. The Hall–Kier alpha value is -2.84. The van der Waals surface area contributed by atoms with E-state index < -0.39 is 10.0 Å². The number of rotatable bonds is 3. The van der Waals surface area contributed by atoms with Gasteiger partial charge in [0.15, 0.2) is 0 Å². The molecule has 24 heavy (non-hydrogen) atoms. The zero-order valence-corrected chi connectivity index (χ0v) is 14.2. The largest absolute Gasteiger partial charge is 0.269 e. The Morgan fingerprint density at radius 3 is 2.21 bits per heavy atom. The molecule has 5 heteroatoms. The van der Waals surface area contributed by atoms with Gasteiger partial charge >= 0.3 is 0 Å². The number of hydrogen-bond donors (Lipinski definition) is 0. The van der Waals surface area contributed by atoms with E-state index in [1.54, 1.807) is 43.3 Å². The van der Waals surface area contributed by atoms with Gasteiger partial charge in [0.2, 0.25) is 0 Å². The first-order valence-corrected chi connectivity index (χ1v) is 8.81. The minimum Gasteiger partial charge on any atom is -0.232 e. The third-order valence-electron chi connectivity index (χ3n) is 3.77.